The molecule has 4 nitrogen and oxygen atoms in total. The van der Waals surface area contributed by atoms with Gasteiger partial charge < -0.3 is 9.47 Å². The summed E-state index contributed by atoms with van der Waals surface area (Å²) in [7, 11) is 1.53. The average molecular weight is 346 g/mol. The predicted octanol–water partition coefficient (Wildman–Crippen LogP) is 3.80. The van der Waals surface area contributed by atoms with Crippen molar-refractivity contribution in [3.63, 3.8) is 0 Å². The van der Waals surface area contributed by atoms with Crippen molar-refractivity contribution in [2.75, 3.05) is 7.11 Å². The maximum atomic E-state index is 13.2. The molecule has 0 aliphatic rings. The van der Waals surface area contributed by atoms with Crippen molar-refractivity contribution >= 4 is 17.8 Å². The van der Waals surface area contributed by atoms with Crippen LogP contribution in [-0.2, 0) is 9.53 Å². The van der Waals surface area contributed by atoms with Crippen LogP contribution in [0.2, 0.25) is 0 Å². The molecule has 2 aromatic rings. The van der Waals surface area contributed by atoms with Gasteiger partial charge in [-0.25, -0.2) is 13.6 Å². The van der Waals surface area contributed by atoms with E-state index in [1.54, 1.807) is 24.3 Å². The summed E-state index contributed by atoms with van der Waals surface area (Å²) in [6.07, 6.45) is 1.55. The first kappa shape index (κ1) is 18.3. The van der Waals surface area contributed by atoms with E-state index < -0.39 is 29.5 Å². The Bertz CT molecular complexity index is 815. The number of carbonyl (C=O) groups is 2. The standard InChI is InChI=1S/C19H16F2O4/c1-12(19(23)14-7-8-16(20)17(21)11-14)25-18(22)9-6-13-4-3-5-15(10-13)24-2/h3-12H,1-2H3/b9-6+. The molecule has 0 spiro atoms. The minimum absolute atomic E-state index is 0.0732. The first-order chi connectivity index (χ1) is 11.9. The summed E-state index contributed by atoms with van der Waals surface area (Å²) in [6.45, 7) is 1.36. The Labute approximate surface area is 143 Å². The maximum absolute atomic E-state index is 13.2. The number of esters is 1. The van der Waals surface area contributed by atoms with Gasteiger partial charge >= 0.3 is 5.97 Å². The van der Waals surface area contributed by atoms with Crippen LogP contribution < -0.4 is 4.74 Å². The van der Waals surface area contributed by atoms with Crippen molar-refractivity contribution in [3.8, 4) is 5.75 Å². The maximum Gasteiger partial charge on any atom is 0.331 e. The minimum atomic E-state index is -1.14. The highest BCUT2D eigenvalue weighted by Crippen LogP contribution is 2.14. The molecule has 0 aliphatic carbocycles. The van der Waals surface area contributed by atoms with Gasteiger partial charge in [-0.1, -0.05) is 12.1 Å². The van der Waals surface area contributed by atoms with Gasteiger partial charge in [0.2, 0.25) is 5.78 Å². The Kier molecular flexibility index (Phi) is 6.00. The Morgan fingerprint density at radius 3 is 2.52 bits per heavy atom. The fraction of sp³-hybridized carbons (Fsp3) is 0.158. The van der Waals surface area contributed by atoms with Crippen LogP contribution in [0, 0.1) is 11.6 Å². The topological polar surface area (TPSA) is 52.6 Å². The average Bonchev–Trinajstić information content (AvgIpc) is 2.61. The van der Waals surface area contributed by atoms with Gasteiger partial charge in [0, 0.05) is 11.6 Å². The van der Waals surface area contributed by atoms with Gasteiger partial charge in [0.25, 0.3) is 0 Å². The largest absolute Gasteiger partial charge is 0.497 e. The van der Waals surface area contributed by atoms with Crippen LogP contribution in [-0.4, -0.2) is 25.0 Å². The SMILES string of the molecule is COc1cccc(/C=C/C(=O)OC(C)C(=O)c2ccc(F)c(F)c2)c1. The van der Waals surface area contributed by atoms with Gasteiger partial charge in [-0.15, -0.1) is 0 Å². The summed E-state index contributed by atoms with van der Waals surface area (Å²) in [4.78, 5) is 23.9. The number of rotatable bonds is 6. The minimum Gasteiger partial charge on any atom is -0.497 e. The highest BCUT2D eigenvalue weighted by molar-refractivity contribution is 6.01. The molecule has 1 unspecified atom stereocenters. The molecule has 130 valence electrons. The number of ketones is 1. The van der Waals surface area contributed by atoms with Crippen molar-refractivity contribution in [3.05, 3.63) is 71.3 Å². The van der Waals surface area contributed by atoms with Crippen LogP contribution in [0.4, 0.5) is 8.78 Å². The number of hydrogen-bond donors (Lipinski definition) is 0. The molecule has 2 aromatic carbocycles. The van der Waals surface area contributed by atoms with E-state index in [2.05, 4.69) is 0 Å². The smallest absolute Gasteiger partial charge is 0.331 e. The van der Waals surface area contributed by atoms with Crippen molar-refractivity contribution in [1.82, 2.24) is 0 Å². The van der Waals surface area contributed by atoms with E-state index in [1.807, 2.05) is 0 Å². The summed E-state index contributed by atoms with van der Waals surface area (Å²) in [6, 6.07) is 9.77. The van der Waals surface area contributed by atoms with Crippen molar-refractivity contribution < 1.29 is 27.8 Å². The highest BCUT2D eigenvalue weighted by atomic mass is 19.2. The Balaban J connectivity index is 2.00. The van der Waals surface area contributed by atoms with Gasteiger partial charge in [0.15, 0.2) is 17.7 Å². The normalized spacial score (nSPS) is 12.0. The second-order valence-corrected chi connectivity index (χ2v) is 5.18. The zero-order chi connectivity index (χ0) is 18.4. The monoisotopic (exact) mass is 346 g/mol. The lowest BCUT2D eigenvalue weighted by molar-refractivity contribution is -0.140. The van der Waals surface area contributed by atoms with E-state index in [-0.39, 0.29) is 5.56 Å². The molecule has 2 rings (SSSR count). The molecule has 0 heterocycles. The second kappa shape index (κ2) is 8.19. The van der Waals surface area contributed by atoms with Crippen LogP contribution in [0.1, 0.15) is 22.8 Å². The first-order valence-electron chi connectivity index (χ1n) is 7.42. The fourth-order valence-electron chi connectivity index (χ4n) is 2.06. The predicted molar refractivity (Wildman–Crippen MR) is 88.3 cm³/mol. The number of carbonyl (C=O) groups excluding carboxylic acids is 2. The second-order valence-electron chi connectivity index (χ2n) is 5.18. The first-order valence-corrected chi connectivity index (χ1v) is 7.42. The molecule has 25 heavy (non-hydrogen) atoms. The molecule has 0 bridgehead atoms. The van der Waals surface area contributed by atoms with Crippen molar-refractivity contribution in [1.29, 1.82) is 0 Å². The molecule has 0 fully saturated rings. The summed E-state index contributed by atoms with van der Waals surface area (Å²) in [5, 5.41) is 0. The lowest BCUT2D eigenvalue weighted by Crippen LogP contribution is -2.23. The third-order valence-corrected chi connectivity index (χ3v) is 3.37. The van der Waals surface area contributed by atoms with Crippen LogP contribution in [0.15, 0.2) is 48.5 Å². The van der Waals surface area contributed by atoms with E-state index in [0.717, 1.165) is 23.8 Å². The summed E-state index contributed by atoms with van der Waals surface area (Å²) >= 11 is 0. The molecule has 1 atom stereocenters. The van der Waals surface area contributed by atoms with Gasteiger partial charge in [-0.2, -0.15) is 0 Å². The highest BCUT2D eigenvalue weighted by Gasteiger charge is 2.19. The van der Waals surface area contributed by atoms with E-state index >= 15 is 0 Å². The third kappa shape index (κ3) is 4.97. The van der Waals surface area contributed by atoms with E-state index in [0.29, 0.717) is 5.75 Å². The Hall–Kier alpha value is -3.02. The molecular weight excluding hydrogens is 330 g/mol. The van der Waals surface area contributed by atoms with Crippen LogP contribution >= 0.6 is 0 Å². The van der Waals surface area contributed by atoms with Gasteiger partial charge in [0.1, 0.15) is 5.75 Å². The van der Waals surface area contributed by atoms with E-state index in [9.17, 15) is 18.4 Å². The summed E-state index contributed by atoms with van der Waals surface area (Å²) in [5.74, 6) is -2.91. The molecule has 6 heteroatoms. The molecule has 0 radical (unpaired) electrons. The number of benzene rings is 2. The van der Waals surface area contributed by atoms with Crippen molar-refractivity contribution in [2.24, 2.45) is 0 Å². The quantitative estimate of drug-likeness (QED) is 0.453. The zero-order valence-electron chi connectivity index (χ0n) is 13.7. The molecule has 0 amide bonds. The molecule has 0 saturated heterocycles. The van der Waals surface area contributed by atoms with Gasteiger partial charge in [0.05, 0.1) is 7.11 Å². The molecule has 0 N–H and O–H groups in total. The number of methoxy groups -OCH3 is 1. The van der Waals surface area contributed by atoms with Crippen LogP contribution in [0.25, 0.3) is 6.08 Å². The number of ether oxygens (including phenoxy) is 2. The molecular formula is C19H16F2O4. The molecule has 0 aromatic heterocycles. The van der Waals surface area contributed by atoms with Crippen LogP contribution in [0.3, 0.4) is 0 Å². The van der Waals surface area contributed by atoms with E-state index in [1.165, 1.54) is 26.2 Å². The van der Waals surface area contributed by atoms with Gasteiger partial charge in [-0.05, 0) is 48.9 Å². The zero-order valence-corrected chi connectivity index (χ0v) is 13.7. The fourth-order valence-corrected chi connectivity index (χ4v) is 2.06. The summed E-state index contributed by atoms with van der Waals surface area (Å²) < 4.78 is 36.1. The molecule has 0 saturated carbocycles. The number of Topliss-reactive ketones (excluding diaryl/α,β-unsaturated/α-hetero) is 1. The molecule has 0 aliphatic heterocycles. The Morgan fingerprint density at radius 2 is 1.84 bits per heavy atom. The number of hydrogen-bond acceptors (Lipinski definition) is 4. The van der Waals surface area contributed by atoms with Gasteiger partial charge in [-0.3, -0.25) is 4.79 Å². The van der Waals surface area contributed by atoms with Crippen LogP contribution in [0.5, 0.6) is 5.75 Å². The lowest BCUT2D eigenvalue weighted by atomic mass is 10.1. The summed E-state index contributed by atoms with van der Waals surface area (Å²) in [5.41, 5.74) is 0.645. The van der Waals surface area contributed by atoms with Crippen molar-refractivity contribution in [2.45, 2.75) is 13.0 Å². The van der Waals surface area contributed by atoms with E-state index in [4.69, 9.17) is 9.47 Å². The third-order valence-electron chi connectivity index (χ3n) is 3.37. The Morgan fingerprint density at radius 1 is 1.08 bits per heavy atom. The number of halogens is 2. The lowest BCUT2D eigenvalue weighted by Gasteiger charge is -2.11.